The molecule has 124 valence electrons. The molecule has 0 aliphatic carbocycles. The molecule has 6 heteroatoms. The van der Waals surface area contributed by atoms with Crippen molar-refractivity contribution in [1.29, 1.82) is 5.26 Å². The van der Waals surface area contributed by atoms with Crippen LogP contribution in [0.4, 0.5) is 0 Å². The van der Waals surface area contributed by atoms with Gasteiger partial charge in [-0.05, 0) is 60.8 Å². The zero-order valence-corrected chi connectivity index (χ0v) is 16.5. The summed E-state index contributed by atoms with van der Waals surface area (Å²) >= 11 is 11.7. The average molecular weight is 393 g/mol. The highest BCUT2D eigenvalue weighted by Crippen LogP contribution is 2.39. The van der Waals surface area contributed by atoms with E-state index in [9.17, 15) is 5.26 Å². The van der Waals surface area contributed by atoms with Gasteiger partial charge in [-0.1, -0.05) is 23.4 Å². The van der Waals surface area contributed by atoms with E-state index in [-0.39, 0.29) is 0 Å². The SMILES string of the molecule is Cc1cc(Cl)cc(Sc2ccc(C#N)cc2SN2CCSCC2)c1. The van der Waals surface area contributed by atoms with Crippen molar-refractivity contribution < 1.29 is 0 Å². The van der Waals surface area contributed by atoms with Gasteiger partial charge in [-0.2, -0.15) is 17.0 Å². The molecular weight excluding hydrogens is 376 g/mol. The predicted molar refractivity (Wildman–Crippen MR) is 106 cm³/mol. The van der Waals surface area contributed by atoms with Crippen molar-refractivity contribution in [3.63, 3.8) is 0 Å². The monoisotopic (exact) mass is 392 g/mol. The summed E-state index contributed by atoms with van der Waals surface area (Å²) in [5.41, 5.74) is 1.86. The first-order chi connectivity index (χ1) is 11.6. The van der Waals surface area contributed by atoms with Gasteiger partial charge in [0.05, 0.1) is 11.6 Å². The van der Waals surface area contributed by atoms with Gasteiger partial charge in [0.15, 0.2) is 0 Å². The van der Waals surface area contributed by atoms with Crippen LogP contribution in [0.3, 0.4) is 0 Å². The number of nitriles is 1. The second-order valence-corrected chi connectivity index (χ2v) is 9.39. The summed E-state index contributed by atoms with van der Waals surface area (Å²) in [6.07, 6.45) is 0. The molecule has 2 aromatic rings. The van der Waals surface area contributed by atoms with Crippen LogP contribution >= 0.6 is 47.1 Å². The van der Waals surface area contributed by atoms with Gasteiger partial charge in [0, 0.05) is 44.3 Å². The van der Waals surface area contributed by atoms with E-state index in [1.165, 1.54) is 16.4 Å². The first-order valence-corrected chi connectivity index (χ1v) is 10.8. The van der Waals surface area contributed by atoms with E-state index in [1.807, 2.05) is 42.1 Å². The number of hydrogen-bond acceptors (Lipinski definition) is 5. The summed E-state index contributed by atoms with van der Waals surface area (Å²) in [6.45, 7) is 4.20. The average Bonchev–Trinajstić information content (AvgIpc) is 2.56. The van der Waals surface area contributed by atoms with Gasteiger partial charge >= 0.3 is 0 Å². The maximum absolute atomic E-state index is 9.22. The maximum atomic E-state index is 9.22. The zero-order valence-electron chi connectivity index (χ0n) is 13.3. The van der Waals surface area contributed by atoms with E-state index in [1.54, 1.807) is 23.7 Å². The topological polar surface area (TPSA) is 27.0 Å². The van der Waals surface area contributed by atoms with Crippen molar-refractivity contribution in [2.75, 3.05) is 24.6 Å². The molecule has 0 bridgehead atoms. The molecule has 0 N–H and O–H groups in total. The molecule has 0 aromatic heterocycles. The quantitative estimate of drug-likeness (QED) is 0.619. The van der Waals surface area contributed by atoms with Crippen LogP contribution in [-0.4, -0.2) is 28.9 Å². The Bertz CT molecular complexity index is 747. The minimum atomic E-state index is 0.704. The minimum absolute atomic E-state index is 0.704. The molecule has 1 heterocycles. The first kappa shape index (κ1) is 18.0. The fraction of sp³-hybridized carbons (Fsp3) is 0.278. The van der Waals surface area contributed by atoms with Gasteiger partial charge in [0.1, 0.15) is 0 Å². The molecule has 24 heavy (non-hydrogen) atoms. The van der Waals surface area contributed by atoms with Crippen LogP contribution in [0.15, 0.2) is 51.1 Å². The number of hydrogen-bond donors (Lipinski definition) is 0. The molecule has 0 atom stereocenters. The molecular formula is C18H17ClN2S3. The number of rotatable bonds is 4. The van der Waals surface area contributed by atoms with Crippen molar-refractivity contribution in [3.05, 3.63) is 52.5 Å². The molecule has 1 saturated heterocycles. The van der Waals surface area contributed by atoms with Gasteiger partial charge in [-0.25, -0.2) is 4.31 Å². The molecule has 0 radical (unpaired) electrons. The molecule has 2 nitrogen and oxygen atoms in total. The Morgan fingerprint density at radius 2 is 1.92 bits per heavy atom. The van der Waals surface area contributed by atoms with Crippen molar-refractivity contribution >= 4 is 47.1 Å². The molecule has 0 spiro atoms. The van der Waals surface area contributed by atoms with Crippen molar-refractivity contribution in [2.45, 2.75) is 21.6 Å². The van der Waals surface area contributed by atoms with Gasteiger partial charge in [-0.15, -0.1) is 0 Å². The number of halogens is 1. The maximum Gasteiger partial charge on any atom is 0.0992 e. The van der Waals surface area contributed by atoms with Crippen LogP contribution in [0, 0.1) is 18.3 Å². The Hall–Kier alpha value is -0.770. The fourth-order valence-corrected chi connectivity index (χ4v) is 6.09. The zero-order chi connectivity index (χ0) is 16.9. The molecule has 0 amide bonds. The lowest BCUT2D eigenvalue weighted by atomic mass is 10.2. The van der Waals surface area contributed by atoms with Crippen LogP contribution in [0.2, 0.25) is 5.02 Å². The number of aryl methyl sites for hydroxylation is 1. The fourth-order valence-electron chi connectivity index (χ4n) is 2.40. The normalized spacial score (nSPS) is 15.2. The van der Waals surface area contributed by atoms with Crippen LogP contribution in [0.25, 0.3) is 0 Å². The van der Waals surface area contributed by atoms with E-state index < -0.39 is 0 Å². The Labute approximate surface area is 161 Å². The van der Waals surface area contributed by atoms with Crippen LogP contribution in [0.5, 0.6) is 0 Å². The second-order valence-electron chi connectivity index (χ2n) is 5.47. The van der Waals surface area contributed by atoms with Gasteiger partial charge < -0.3 is 0 Å². The molecule has 1 aliphatic rings. The van der Waals surface area contributed by atoms with Gasteiger partial charge in [0.25, 0.3) is 0 Å². The summed E-state index contributed by atoms with van der Waals surface area (Å²) in [6, 6.07) is 14.3. The lowest BCUT2D eigenvalue weighted by molar-refractivity contribution is 0.521. The Morgan fingerprint density at radius 1 is 1.12 bits per heavy atom. The standard InChI is InChI=1S/C18H17ClN2S3/c1-13-8-15(19)11-16(9-13)23-17-3-2-14(12-20)10-18(17)24-21-4-6-22-7-5-21/h2-3,8-11H,4-7H2,1H3. The molecule has 1 fully saturated rings. The summed E-state index contributed by atoms with van der Waals surface area (Å²) in [4.78, 5) is 3.43. The molecule has 3 rings (SSSR count). The van der Waals surface area contributed by atoms with Crippen molar-refractivity contribution in [3.8, 4) is 6.07 Å². The summed E-state index contributed by atoms with van der Waals surface area (Å²) in [7, 11) is 0. The first-order valence-electron chi connectivity index (χ1n) is 7.64. The number of benzene rings is 2. The largest absolute Gasteiger partial charge is 0.245 e. The van der Waals surface area contributed by atoms with E-state index in [0.717, 1.165) is 33.5 Å². The Balaban J connectivity index is 1.86. The van der Waals surface area contributed by atoms with Crippen molar-refractivity contribution in [1.82, 2.24) is 4.31 Å². The van der Waals surface area contributed by atoms with Crippen LogP contribution in [0.1, 0.15) is 11.1 Å². The molecule has 0 saturated carbocycles. The molecule has 2 aromatic carbocycles. The van der Waals surface area contributed by atoms with Gasteiger partial charge in [0.2, 0.25) is 0 Å². The third-order valence-electron chi connectivity index (χ3n) is 3.51. The summed E-state index contributed by atoms with van der Waals surface area (Å²) in [5, 5.41) is 9.98. The van der Waals surface area contributed by atoms with Crippen LogP contribution in [-0.2, 0) is 0 Å². The second kappa shape index (κ2) is 8.55. The minimum Gasteiger partial charge on any atom is -0.245 e. The third-order valence-corrected chi connectivity index (χ3v) is 7.01. The summed E-state index contributed by atoms with van der Waals surface area (Å²) < 4.78 is 2.39. The van der Waals surface area contributed by atoms with E-state index in [4.69, 9.17) is 11.6 Å². The lowest BCUT2D eigenvalue weighted by Gasteiger charge is -2.25. The molecule has 0 unspecified atom stereocenters. The smallest absolute Gasteiger partial charge is 0.0992 e. The highest BCUT2D eigenvalue weighted by atomic mass is 35.5. The number of nitrogens with zero attached hydrogens (tertiary/aromatic N) is 2. The number of thioether (sulfide) groups is 1. The van der Waals surface area contributed by atoms with Gasteiger partial charge in [-0.3, -0.25) is 0 Å². The Morgan fingerprint density at radius 3 is 2.62 bits per heavy atom. The third kappa shape index (κ3) is 4.87. The summed E-state index contributed by atoms with van der Waals surface area (Å²) in [5.74, 6) is 2.34. The highest BCUT2D eigenvalue weighted by molar-refractivity contribution is 8.01. The highest BCUT2D eigenvalue weighted by Gasteiger charge is 2.15. The van der Waals surface area contributed by atoms with E-state index in [2.05, 4.69) is 23.4 Å². The van der Waals surface area contributed by atoms with E-state index >= 15 is 0 Å². The lowest BCUT2D eigenvalue weighted by Crippen LogP contribution is -2.26. The van der Waals surface area contributed by atoms with Crippen molar-refractivity contribution in [2.24, 2.45) is 0 Å². The predicted octanol–water partition coefficient (Wildman–Crippen LogP) is 5.73. The molecule has 1 aliphatic heterocycles. The van der Waals surface area contributed by atoms with Crippen LogP contribution < -0.4 is 0 Å². The Kier molecular flexibility index (Phi) is 6.43. The van der Waals surface area contributed by atoms with E-state index in [0.29, 0.717) is 5.56 Å².